The Morgan fingerprint density at radius 2 is 2.00 bits per heavy atom. The van der Waals surface area contributed by atoms with Crippen LogP contribution in [0.3, 0.4) is 0 Å². The van der Waals surface area contributed by atoms with E-state index in [9.17, 15) is 4.79 Å². The van der Waals surface area contributed by atoms with E-state index in [0.29, 0.717) is 19.1 Å². The maximum Gasteiger partial charge on any atom is 0.167 e. The number of Topliss-reactive ketones (excluding diaryl/α,β-unsaturated/α-hetero) is 1. The molecule has 1 aromatic heterocycles. The number of hydrogen-bond donors (Lipinski definition) is 0. The van der Waals surface area contributed by atoms with Crippen molar-refractivity contribution in [1.29, 1.82) is 0 Å². The Hall–Kier alpha value is -0.943. The van der Waals surface area contributed by atoms with Gasteiger partial charge in [0.15, 0.2) is 5.78 Å². The Labute approximate surface area is 122 Å². The summed E-state index contributed by atoms with van der Waals surface area (Å²) in [6, 6.07) is 1.16. The second-order valence-corrected chi connectivity index (χ2v) is 12.8. The predicted octanol–water partition coefficient (Wildman–Crippen LogP) is 3.45. The molecule has 2 rings (SSSR count). The van der Waals surface area contributed by atoms with Crippen LogP contribution in [0.4, 0.5) is 0 Å². The third-order valence-corrected chi connectivity index (χ3v) is 5.39. The number of fused-ring (bicyclic) bond motifs is 1. The molecular formula is C15H26N2O2Si. The van der Waals surface area contributed by atoms with Crippen LogP contribution in [0.1, 0.15) is 47.9 Å². The fourth-order valence-corrected chi connectivity index (χ4v) is 3.33. The van der Waals surface area contributed by atoms with Crippen LogP contribution in [0.5, 0.6) is 0 Å². The highest BCUT2D eigenvalue weighted by Gasteiger charge is 2.30. The molecule has 0 atom stereocenters. The maximum atomic E-state index is 12.0. The third-order valence-electron chi connectivity index (χ3n) is 3.69. The fourth-order valence-electron chi connectivity index (χ4n) is 2.58. The van der Waals surface area contributed by atoms with E-state index in [1.54, 1.807) is 0 Å². The molecule has 20 heavy (non-hydrogen) atoms. The second-order valence-electron chi connectivity index (χ2n) is 7.13. The van der Waals surface area contributed by atoms with Crippen LogP contribution < -0.4 is 0 Å². The summed E-state index contributed by atoms with van der Waals surface area (Å²) in [6.45, 7) is 12.5. The van der Waals surface area contributed by atoms with Crippen molar-refractivity contribution in [3.63, 3.8) is 0 Å². The summed E-state index contributed by atoms with van der Waals surface area (Å²) < 4.78 is 7.68. The highest BCUT2D eigenvalue weighted by Crippen LogP contribution is 2.29. The topological polar surface area (TPSA) is 44.1 Å². The summed E-state index contributed by atoms with van der Waals surface area (Å²) >= 11 is 0. The van der Waals surface area contributed by atoms with Crippen molar-refractivity contribution < 1.29 is 9.53 Å². The first-order valence-corrected chi connectivity index (χ1v) is 11.2. The van der Waals surface area contributed by atoms with Crippen molar-refractivity contribution in [2.24, 2.45) is 0 Å². The van der Waals surface area contributed by atoms with Crippen LogP contribution in [0.25, 0.3) is 0 Å². The van der Waals surface area contributed by atoms with Crippen molar-refractivity contribution in [2.45, 2.75) is 65.0 Å². The molecule has 0 spiro atoms. The standard InChI is InChI=1S/C15H26N2O2Si/c1-11(2)15-14-12(6-7-13(14)18)16-17(15)10-19-8-9-20(3,4)5/h11H,6-10H2,1-5H3. The van der Waals surface area contributed by atoms with Crippen molar-refractivity contribution in [1.82, 2.24) is 9.78 Å². The number of carbonyl (C=O) groups excluding carboxylic acids is 1. The van der Waals surface area contributed by atoms with Crippen molar-refractivity contribution in [3.05, 3.63) is 17.0 Å². The number of nitrogens with zero attached hydrogens (tertiary/aromatic N) is 2. The van der Waals surface area contributed by atoms with E-state index >= 15 is 0 Å². The molecule has 0 fully saturated rings. The van der Waals surface area contributed by atoms with Gasteiger partial charge >= 0.3 is 0 Å². The molecule has 1 heterocycles. The molecule has 0 unspecified atom stereocenters. The first kappa shape index (κ1) is 15.4. The summed E-state index contributed by atoms with van der Waals surface area (Å²) in [4.78, 5) is 12.0. The molecule has 0 amide bonds. The van der Waals surface area contributed by atoms with Gasteiger partial charge in [-0.2, -0.15) is 5.10 Å². The average molecular weight is 294 g/mol. The zero-order valence-corrected chi connectivity index (χ0v) is 14.3. The molecule has 0 N–H and O–H groups in total. The summed E-state index contributed by atoms with van der Waals surface area (Å²) in [5.74, 6) is 0.547. The minimum atomic E-state index is -1.05. The molecule has 1 aliphatic rings. The maximum absolute atomic E-state index is 12.0. The van der Waals surface area contributed by atoms with E-state index in [-0.39, 0.29) is 5.78 Å². The molecule has 1 aromatic rings. The lowest BCUT2D eigenvalue weighted by atomic mass is 10.0. The van der Waals surface area contributed by atoms with Gasteiger partial charge in [-0.3, -0.25) is 4.79 Å². The van der Waals surface area contributed by atoms with E-state index in [1.165, 1.54) is 0 Å². The van der Waals surface area contributed by atoms with Gasteiger partial charge in [-0.1, -0.05) is 33.5 Å². The molecule has 0 bridgehead atoms. The summed E-state index contributed by atoms with van der Waals surface area (Å²) in [6.07, 6.45) is 1.41. The minimum Gasteiger partial charge on any atom is -0.360 e. The van der Waals surface area contributed by atoms with Gasteiger partial charge in [-0.25, -0.2) is 4.68 Å². The van der Waals surface area contributed by atoms with Crippen molar-refractivity contribution in [3.8, 4) is 0 Å². The van der Waals surface area contributed by atoms with E-state index in [4.69, 9.17) is 4.74 Å². The van der Waals surface area contributed by atoms with E-state index in [2.05, 4.69) is 38.6 Å². The smallest absolute Gasteiger partial charge is 0.167 e. The molecular weight excluding hydrogens is 268 g/mol. The Kier molecular flexibility index (Phi) is 4.49. The Morgan fingerprint density at radius 1 is 1.30 bits per heavy atom. The number of ketones is 1. The summed E-state index contributed by atoms with van der Waals surface area (Å²) in [5.41, 5.74) is 2.89. The van der Waals surface area contributed by atoms with Crippen LogP contribution in [0, 0.1) is 0 Å². The molecule has 0 aromatic carbocycles. The molecule has 4 nitrogen and oxygen atoms in total. The van der Waals surface area contributed by atoms with Gasteiger partial charge < -0.3 is 4.74 Å². The molecule has 112 valence electrons. The van der Waals surface area contributed by atoms with Crippen LogP contribution in [0.15, 0.2) is 0 Å². The zero-order valence-electron chi connectivity index (χ0n) is 13.3. The van der Waals surface area contributed by atoms with Crippen molar-refractivity contribution >= 4 is 13.9 Å². The Bertz CT molecular complexity index is 501. The van der Waals surface area contributed by atoms with Crippen LogP contribution in [0.2, 0.25) is 25.7 Å². The number of rotatable bonds is 6. The lowest BCUT2D eigenvalue weighted by Gasteiger charge is -2.16. The Morgan fingerprint density at radius 3 is 2.60 bits per heavy atom. The number of ether oxygens (including phenoxy) is 1. The largest absolute Gasteiger partial charge is 0.360 e. The number of carbonyl (C=O) groups is 1. The fraction of sp³-hybridized carbons (Fsp3) is 0.733. The monoisotopic (exact) mass is 294 g/mol. The van der Waals surface area contributed by atoms with Gasteiger partial charge in [-0.05, 0) is 18.4 Å². The molecule has 0 radical (unpaired) electrons. The van der Waals surface area contributed by atoms with Gasteiger partial charge in [0, 0.05) is 21.1 Å². The molecule has 0 saturated carbocycles. The lowest BCUT2D eigenvalue weighted by Crippen LogP contribution is -2.22. The van der Waals surface area contributed by atoms with Crippen LogP contribution in [-0.4, -0.2) is 30.2 Å². The number of aryl methyl sites for hydroxylation is 1. The highest BCUT2D eigenvalue weighted by atomic mass is 28.3. The lowest BCUT2D eigenvalue weighted by molar-refractivity contribution is 0.0753. The molecule has 0 aliphatic heterocycles. The molecule has 1 aliphatic carbocycles. The van der Waals surface area contributed by atoms with Gasteiger partial charge in [0.05, 0.1) is 17.0 Å². The Balaban J connectivity index is 2.06. The van der Waals surface area contributed by atoms with E-state index < -0.39 is 8.07 Å². The first-order chi connectivity index (χ1) is 9.29. The predicted molar refractivity (Wildman–Crippen MR) is 83.1 cm³/mol. The first-order valence-electron chi connectivity index (χ1n) is 7.50. The molecule has 0 saturated heterocycles. The number of aromatic nitrogens is 2. The average Bonchev–Trinajstić information content (AvgIpc) is 2.84. The highest BCUT2D eigenvalue weighted by molar-refractivity contribution is 6.76. The quantitative estimate of drug-likeness (QED) is 0.596. The van der Waals surface area contributed by atoms with E-state index in [1.807, 2.05) is 4.68 Å². The summed E-state index contributed by atoms with van der Waals surface area (Å²) in [5, 5.41) is 4.58. The van der Waals surface area contributed by atoms with Crippen molar-refractivity contribution in [2.75, 3.05) is 6.61 Å². The SMILES string of the molecule is CC(C)c1c2c(nn1COCC[Si](C)(C)C)CCC2=O. The van der Waals surface area contributed by atoms with E-state index in [0.717, 1.165) is 36.0 Å². The summed E-state index contributed by atoms with van der Waals surface area (Å²) in [7, 11) is -1.05. The van der Waals surface area contributed by atoms with Gasteiger partial charge in [0.2, 0.25) is 0 Å². The van der Waals surface area contributed by atoms with Crippen LogP contribution in [-0.2, 0) is 17.9 Å². The van der Waals surface area contributed by atoms with Gasteiger partial charge in [0.25, 0.3) is 0 Å². The van der Waals surface area contributed by atoms with Gasteiger partial charge in [0.1, 0.15) is 6.73 Å². The third kappa shape index (κ3) is 3.38. The number of hydrogen-bond acceptors (Lipinski definition) is 3. The van der Waals surface area contributed by atoms with Gasteiger partial charge in [-0.15, -0.1) is 0 Å². The normalized spacial score (nSPS) is 15.2. The minimum absolute atomic E-state index is 0.247. The zero-order chi connectivity index (χ0) is 14.9. The molecule has 5 heteroatoms. The van der Waals surface area contributed by atoms with Crippen LogP contribution >= 0.6 is 0 Å². The second kappa shape index (κ2) is 5.82.